The molecule has 1 aliphatic carbocycles. The van der Waals surface area contributed by atoms with E-state index in [4.69, 9.17) is 11.6 Å². The number of amides is 3. The molecule has 2 aliphatic rings. The number of nitrogens with one attached hydrogen (secondary N) is 2. The van der Waals surface area contributed by atoms with Crippen LogP contribution in [0.25, 0.3) is 0 Å². The van der Waals surface area contributed by atoms with Crippen molar-refractivity contribution in [3.05, 3.63) is 34.9 Å². The first-order valence-corrected chi connectivity index (χ1v) is 13.4. The van der Waals surface area contributed by atoms with Crippen molar-refractivity contribution in [1.29, 1.82) is 0 Å². The summed E-state index contributed by atoms with van der Waals surface area (Å²) in [7, 11) is 0. The maximum absolute atomic E-state index is 13.2. The van der Waals surface area contributed by atoms with E-state index in [1.54, 1.807) is 36.0 Å². The smallest absolute Gasteiger partial charge is 0.253 e. The number of halogens is 1. The Morgan fingerprint density at radius 3 is 2.44 bits per heavy atom. The van der Waals surface area contributed by atoms with Gasteiger partial charge in [-0.15, -0.1) is 0 Å². The Hall–Kier alpha value is -1.73. The van der Waals surface area contributed by atoms with E-state index >= 15 is 0 Å². The molecule has 1 aromatic carbocycles. The monoisotopic (exact) mass is 479 g/mol. The highest BCUT2D eigenvalue weighted by Gasteiger charge is 2.31. The minimum atomic E-state index is -0.584. The standard InChI is InChI=1S/C24H34ClN3O3S/c1-32-16-13-21(27-23(30)19-9-5-6-10-20(19)25)24(31)28-14-11-18(12-15-28)26-22(29)17-7-3-2-4-8-17/h5-6,9-10,17-18,21H,2-4,7-8,11-16H2,1H3,(H,26,29)(H,27,30). The normalized spacial score (nSPS) is 18.8. The van der Waals surface area contributed by atoms with Crippen molar-refractivity contribution in [3.8, 4) is 0 Å². The van der Waals surface area contributed by atoms with Crippen LogP contribution in [-0.4, -0.2) is 59.8 Å². The summed E-state index contributed by atoms with van der Waals surface area (Å²) in [5.41, 5.74) is 0.375. The molecule has 1 atom stereocenters. The zero-order valence-electron chi connectivity index (χ0n) is 18.8. The fourth-order valence-electron chi connectivity index (χ4n) is 4.52. The number of likely N-dealkylation sites (tertiary alicyclic amines) is 1. The lowest BCUT2D eigenvalue weighted by Gasteiger charge is -2.35. The molecule has 2 N–H and O–H groups in total. The third-order valence-corrected chi connectivity index (χ3v) is 7.44. The zero-order chi connectivity index (χ0) is 22.9. The molecular formula is C24H34ClN3O3S. The number of carbonyl (C=O) groups excluding carboxylic acids is 3. The molecule has 3 amide bonds. The van der Waals surface area contributed by atoms with Crippen LogP contribution in [0.5, 0.6) is 0 Å². The van der Waals surface area contributed by atoms with Gasteiger partial charge < -0.3 is 15.5 Å². The predicted octanol–water partition coefficient (Wildman–Crippen LogP) is 3.88. The minimum absolute atomic E-state index is 0.0588. The van der Waals surface area contributed by atoms with Gasteiger partial charge in [-0.2, -0.15) is 11.8 Å². The lowest BCUT2D eigenvalue weighted by molar-refractivity contribution is -0.134. The number of hydrogen-bond donors (Lipinski definition) is 2. The summed E-state index contributed by atoms with van der Waals surface area (Å²) in [6.45, 7) is 1.18. The van der Waals surface area contributed by atoms with Gasteiger partial charge in [0.1, 0.15) is 6.04 Å². The summed E-state index contributed by atoms with van der Waals surface area (Å²) >= 11 is 7.80. The van der Waals surface area contributed by atoms with Gasteiger partial charge in [0.25, 0.3) is 5.91 Å². The van der Waals surface area contributed by atoms with E-state index < -0.39 is 6.04 Å². The molecule has 1 unspecified atom stereocenters. The predicted molar refractivity (Wildman–Crippen MR) is 130 cm³/mol. The molecule has 0 bridgehead atoms. The molecule has 6 nitrogen and oxygen atoms in total. The summed E-state index contributed by atoms with van der Waals surface area (Å²) in [5.74, 6) is 0.715. The lowest BCUT2D eigenvalue weighted by Crippen LogP contribution is -2.53. The van der Waals surface area contributed by atoms with Gasteiger partial charge in [0, 0.05) is 25.0 Å². The van der Waals surface area contributed by atoms with Crippen LogP contribution in [0.3, 0.4) is 0 Å². The average Bonchev–Trinajstić information content (AvgIpc) is 2.82. The highest BCUT2D eigenvalue weighted by Crippen LogP contribution is 2.24. The third-order valence-electron chi connectivity index (χ3n) is 6.46. The summed E-state index contributed by atoms with van der Waals surface area (Å²) in [6, 6.07) is 6.39. The Kier molecular flexibility index (Phi) is 9.72. The van der Waals surface area contributed by atoms with Gasteiger partial charge in [-0.3, -0.25) is 14.4 Å². The van der Waals surface area contributed by atoms with Gasteiger partial charge in [-0.1, -0.05) is 43.0 Å². The van der Waals surface area contributed by atoms with Crippen LogP contribution in [0.1, 0.15) is 61.7 Å². The van der Waals surface area contributed by atoms with E-state index in [-0.39, 0.29) is 29.7 Å². The Balaban J connectivity index is 1.53. The Labute approximate surface area is 200 Å². The first kappa shape index (κ1) is 24.9. The average molecular weight is 480 g/mol. The van der Waals surface area contributed by atoms with E-state index in [1.165, 1.54) is 6.42 Å². The summed E-state index contributed by atoms with van der Waals surface area (Å²) < 4.78 is 0. The van der Waals surface area contributed by atoms with Crippen LogP contribution in [0.2, 0.25) is 5.02 Å². The molecule has 1 aromatic rings. The highest BCUT2D eigenvalue weighted by atomic mass is 35.5. The van der Waals surface area contributed by atoms with Crippen LogP contribution >= 0.6 is 23.4 Å². The first-order valence-electron chi connectivity index (χ1n) is 11.6. The molecule has 0 aromatic heterocycles. The summed E-state index contributed by atoms with van der Waals surface area (Å²) in [6.07, 6.45) is 9.54. The molecule has 32 heavy (non-hydrogen) atoms. The van der Waals surface area contributed by atoms with Crippen molar-refractivity contribution in [2.75, 3.05) is 25.1 Å². The van der Waals surface area contributed by atoms with Crippen molar-refractivity contribution < 1.29 is 14.4 Å². The molecule has 1 aliphatic heterocycles. The molecule has 176 valence electrons. The van der Waals surface area contributed by atoms with Gasteiger partial charge in [0.05, 0.1) is 10.6 Å². The number of nitrogens with zero attached hydrogens (tertiary/aromatic N) is 1. The second-order valence-corrected chi connectivity index (χ2v) is 10.1. The zero-order valence-corrected chi connectivity index (χ0v) is 20.4. The number of thioether (sulfide) groups is 1. The molecule has 2 fully saturated rings. The maximum Gasteiger partial charge on any atom is 0.253 e. The molecule has 1 saturated carbocycles. The molecule has 3 rings (SSSR count). The molecule has 0 spiro atoms. The third kappa shape index (κ3) is 6.88. The first-order chi connectivity index (χ1) is 15.5. The van der Waals surface area contributed by atoms with Gasteiger partial charge in [-0.25, -0.2) is 0 Å². The Morgan fingerprint density at radius 1 is 1.09 bits per heavy atom. The van der Waals surface area contributed by atoms with Crippen molar-refractivity contribution in [1.82, 2.24) is 15.5 Å². The quantitative estimate of drug-likeness (QED) is 0.593. The van der Waals surface area contributed by atoms with Crippen molar-refractivity contribution in [2.45, 2.75) is 63.5 Å². The number of carbonyl (C=O) groups is 3. The van der Waals surface area contributed by atoms with Gasteiger partial charge in [0.2, 0.25) is 11.8 Å². The fraction of sp³-hybridized carbons (Fsp3) is 0.625. The van der Waals surface area contributed by atoms with E-state index in [1.807, 2.05) is 11.2 Å². The number of rotatable bonds is 8. The number of piperidine rings is 1. The Morgan fingerprint density at radius 2 is 1.78 bits per heavy atom. The van der Waals surface area contributed by atoms with Gasteiger partial charge in [0.15, 0.2) is 0 Å². The minimum Gasteiger partial charge on any atom is -0.353 e. The van der Waals surface area contributed by atoms with Crippen molar-refractivity contribution in [2.24, 2.45) is 5.92 Å². The fourth-order valence-corrected chi connectivity index (χ4v) is 5.22. The van der Waals surface area contributed by atoms with E-state index in [0.29, 0.717) is 30.1 Å². The topological polar surface area (TPSA) is 78.5 Å². The largest absolute Gasteiger partial charge is 0.353 e. The molecular weight excluding hydrogens is 446 g/mol. The lowest BCUT2D eigenvalue weighted by atomic mass is 9.88. The van der Waals surface area contributed by atoms with Gasteiger partial charge >= 0.3 is 0 Å². The van der Waals surface area contributed by atoms with Crippen molar-refractivity contribution in [3.63, 3.8) is 0 Å². The highest BCUT2D eigenvalue weighted by molar-refractivity contribution is 7.98. The number of hydrogen-bond acceptors (Lipinski definition) is 4. The maximum atomic E-state index is 13.2. The molecule has 1 saturated heterocycles. The van der Waals surface area contributed by atoms with Crippen LogP contribution in [0.15, 0.2) is 24.3 Å². The van der Waals surface area contributed by atoms with Crippen molar-refractivity contribution >= 4 is 41.1 Å². The Bertz CT molecular complexity index is 792. The summed E-state index contributed by atoms with van der Waals surface area (Å²) in [4.78, 5) is 40.3. The van der Waals surface area contributed by atoms with Gasteiger partial charge in [-0.05, 0) is 56.2 Å². The van der Waals surface area contributed by atoms with E-state index in [0.717, 1.165) is 44.3 Å². The van der Waals surface area contributed by atoms with Crippen LogP contribution in [0, 0.1) is 5.92 Å². The molecule has 0 radical (unpaired) electrons. The van der Waals surface area contributed by atoms with Crippen LogP contribution < -0.4 is 10.6 Å². The SMILES string of the molecule is CSCCC(NC(=O)c1ccccc1Cl)C(=O)N1CCC(NC(=O)C2CCCCC2)CC1. The number of benzene rings is 1. The van der Waals surface area contributed by atoms with E-state index in [2.05, 4.69) is 10.6 Å². The van der Waals surface area contributed by atoms with Crippen LogP contribution in [-0.2, 0) is 9.59 Å². The molecule has 8 heteroatoms. The van der Waals surface area contributed by atoms with E-state index in [9.17, 15) is 14.4 Å². The second-order valence-electron chi connectivity index (χ2n) is 8.73. The molecule has 1 heterocycles. The summed E-state index contributed by atoms with van der Waals surface area (Å²) in [5, 5.41) is 6.47. The second kappa shape index (κ2) is 12.5. The van der Waals surface area contributed by atoms with Crippen LogP contribution in [0.4, 0.5) is 0 Å².